The predicted octanol–water partition coefficient (Wildman–Crippen LogP) is 2.33. The Morgan fingerprint density at radius 1 is 1.05 bits per heavy atom. The van der Waals surface area contributed by atoms with Gasteiger partial charge in [-0.3, -0.25) is 0 Å². The fraction of sp³-hybridized carbons (Fsp3) is 1.00. The van der Waals surface area contributed by atoms with Gasteiger partial charge in [-0.2, -0.15) is 0 Å². The molecule has 1 heterocycles. The van der Waals surface area contributed by atoms with Crippen LogP contribution in [-0.4, -0.2) is 29.7 Å². The molecule has 0 radical (unpaired) electrons. The molecule has 2 spiro atoms. The Kier molecular flexibility index (Phi) is 1.76. The third kappa shape index (κ3) is 0.897. The normalized spacial score (nSPS) is 64.3. The molecule has 0 aromatic rings. The van der Waals surface area contributed by atoms with Crippen molar-refractivity contribution in [2.45, 2.75) is 57.3 Å². The summed E-state index contributed by atoms with van der Waals surface area (Å²) in [7, 11) is 0. The van der Waals surface area contributed by atoms with E-state index in [1.165, 1.54) is 12.8 Å². The molecular weight excluding hydrogens is 240 g/mol. The van der Waals surface area contributed by atoms with Crippen LogP contribution in [0.1, 0.15) is 46.0 Å². The molecule has 5 fully saturated rings. The summed E-state index contributed by atoms with van der Waals surface area (Å²) in [6.45, 7) is 6.23. The molecular formula is C16H24O3. The van der Waals surface area contributed by atoms with Crippen LogP contribution in [0.15, 0.2) is 0 Å². The molecule has 5 aliphatic rings. The van der Waals surface area contributed by atoms with E-state index in [1.54, 1.807) is 0 Å². The van der Waals surface area contributed by atoms with Gasteiger partial charge in [0.15, 0.2) is 5.79 Å². The second kappa shape index (κ2) is 2.90. The van der Waals surface area contributed by atoms with Crippen LogP contribution in [0.3, 0.4) is 0 Å². The smallest absolute Gasteiger partial charge is 0.172 e. The maximum Gasteiger partial charge on any atom is 0.172 e. The topological polar surface area (TPSA) is 38.7 Å². The van der Waals surface area contributed by atoms with Crippen molar-refractivity contribution in [1.29, 1.82) is 0 Å². The van der Waals surface area contributed by atoms with Gasteiger partial charge in [0.25, 0.3) is 0 Å². The number of rotatable bonds is 0. The lowest BCUT2D eigenvalue weighted by Crippen LogP contribution is -2.65. The molecule has 5 rings (SSSR count). The molecule has 4 saturated carbocycles. The van der Waals surface area contributed by atoms with E-state index < -0.39 is 5.60 Å². The Bertz CT molecular complexity index is 457. The van der Waals surface area contributed by atoms with Crippen LogP contribution in [0.25, 0.3) is 0 Å². The quantitative estimate of drug-likeness (QED) is 0.730. The van der Waals surface area contributed by atoms with Gasteiger partial charge in [0.1, 0.15) is 0 Å². The fourth-order valence-corrected chi connectivity index (χ4v) is 7.50. The van der Waals surface area contributed by atoms with Crippen LogP contribution < -0.4 is 0 Å². The SMILES string of the molecule is C[C@@H]1C[C@@]2(O)CC[C@]3(C)C[C@H]4C5(CC1C432)OCCO5. The van der Waals surface area contributed by atoms with Gasteiger partial charge in [0.2, 0.25) is 0 Å². The first-order valence-electron chi connectivity index (χ1n) is 7.98. The van der Waals surface area contributed by atoms with E-state index in [0.717, 1.165) is 32.5 Å². The highest BCUT2D eigenvalue weighted by Gasteiger charge is 2.87. The van der Waals surface area contributed by atoms with Crippen LogP contribution in [-0.2, 0) is 9.47 Å². The Labute approximate surface area is 114 Å². The monoisotopic (exact) mass is 264 g/mol. The van der Waals surface area contributed by atoms with Crippen molar-refractivity contribution in [3.05, 3.63) is 0 Å². The summed E-state index contributed by atoms with van der Waals surface area (Å²) < 4.78 is 12.2. The average molecular weight is 264 g/mol. The minimum atomic E-state index is -0.437. The maximum absolute atomic E-state index is 11.4. The second-order valence-corrected chi connectivity index (χ2v) is 8.22. The molecule has 0 aromatic heterocycles. The first kappa shape index (κ1) is 11.5. The van der Waals surface area contributed by atoms with Crippen molar-refractivity contribution in [1.82, 2.24) is 0 Å². The Balaban J connectivity index is 1.70. The first-order valence-corrected chi connectivity index (χ1v) is 7.98. The molecule has 3 nitrogen and oxygen atoms in total. The van der Waals surface area contributed by atoms with E-state index in [2.05, 4.69) is 13.8 Å². The summed E-state index contributed by atoms with van der Waals surface area (Å²) in [5, 5.41) is 11.4. The lowest BCUT2D eigenvalue weighted by molar-refractivity contribution is -0.278. The van der Waals surface area contributed by atoms with Crippen LogP contribution in [0.2, 0.25) is 0 Å². The lowest BCUT2D eigenvalue weighted by Gasteiger charge is -2.63. The number of ether oxygens (including phenoxy) is 2. The van der Waals surface area contributed by atoms with Crippen molar-refractivity contribution in [3.8, 4) is 0 Å². The van der Waals surface area contributed by atoms with E-state index in [4.69, 9.17) is 9.47 Å². The van der Waals surface area contributed by atoms with Crippen LogP contribution in [0.4, 0.5) is 0 Å². The Hall–Kier alpha value is -0.120. The number of hydrogen-bond donors (Lipinski definition) is 1. The summed E-state index contributed by atoms with van der Waals surface area (Å²) in [6, 6.07) is 0. The molecule has 0 aromatic carbocycles. The van der Waals surface area contributed by atoms with Crippen molar-refractivity contribution >= 4 is 0 Å². The zero-order valence-electron chi connectivity index (χ0n) is 11.9. The third-order valence-corrected chi connectivity index (χ3v) is 7.81. The van der Waals surface area contributed by atoms with Gasteiger partial charge >= 0.3 is 0 Å². The minimum absolute atomic E-state index is 0.101. The Morgan fingerprint density at radius 3 is 2.53 bits per heavy atom. The first-order chi connectivity index (χ1) is 8.98. The van der Waals surface area contributed by atoms with Gasteiger partial charge in [-0.1, -0.05) is 13.8 Å². The van der Waals surface area contributed by atoms with Gasteiger partial charge in [-0.25, -0.2) is 0 Å². The van der Waals surface area contributed by atoms with Crippen molar-refractivity contribution in [2.75, 3.05) is 13.2 Å². The number of fused-ring (bicyclic) bond motifs is 1. The molecule has 1 N–H and O–H groups in total. The van der Waals surface area contributed by atoms with E-state index in [1.807, 2.05) is 0 Å². The van der Waals surface area contributed by atoms with Crippen LogP contribution in [0, 0.1) is 28.6 Å². The molecule has 106 valence electrons. The lowest BCUT2D eigenvalue weighted by atomic mass is 9.42. The van der Waals surface area contributed by atoms with Crippen LogP contribution >= 0.6 is 0 Å². The largest absolute Gasteiger partial charge is 0.389 e. The number of hydrogen-bond acceptors (Lipinski definition) is 3. The summed E-state index contributed by atoms with van der Waals surface area (Å²) in [5.74, 6) is 1.31. The summed E-state index contributed by atoms with van der Waals surface area (Å²) >= 11 is 0. The molecule has 0 bridgehead atoms. The van der Waals surface area contributed by atoms with E-state index in [-0.39, 0.29) is 11.2 Å². The predicted molar refractivity (Wildman–Crippen MR) is 69.4 cm³/mol. The molecule has 1 saturated heterocycles. The minimum Gasteiger partial charge on any atom is -0.389 e. The highest BCUT2D eigenvalue weighted by molar-refractivity contribution is 5.34. The highest BCUT2D eigenvalue weighted by atomic mass is 16.7. The average Bonchev–Trinajstić information content (AvgIpc) is 2.99. The summed E-state index contributed by atoms with van der Waals surface area (Å²) in [4.78, 5) is 0. The van der Waals surface area contributed by atoms with Gasteiger partial charge in [0.05, 0.1) is 18.8 Å². The second-order valence-electron chi connectivity index (χ2n) is 8.22. The molecule has 6 atom stereocenters. The van der Waals surface area contributed by atoms with E-state index >= 15 is 0 Å². The molecule has 0 amide bonds. The Morgan fingerprint density at radius 2 is 1.79 bits per heavy atom. The molecule has 3 heteroatoms. The molecule has 1 aliphatic heterocycles. The van der Waals surface area contributed by atoms with Crippen LogP contribution in [0.5, 0.6) is 0 Å². The van der Waals surface area contributed by atoms with Crippen molar-refractivity contribution < 1.29 is 14.6 Å². The van der Waals surface area contributed by atoms with Gasteiger partial charge < -0.3 is 14.6 Å². The van der Waals surface area contributed by atoms with E-state index in [9.17, 15) is 5.11 Å². The molecule has 19 heavy (non-hydrogen) atoms. The van der Waals surface area contributed by atoms with E-state index in [0.29, 0.717) is 23.2 Å². The highest BCUT2D eigenvalue weighted by Crippen LogP contribution is 2.87. The van der Waals surface area contributed by atoms with Crippen molar-refractivity contribution in [2.24, 2.45) is 28.6 Å². The summed E-state index contributed by atoms with van der Waals surface area (Å²) in [6.07, 6.45) is 5.41. The zero-order valence-corrected chi connectivity index (χ0v) is 11.9. The third-order valence-electron chi connectivity index (χ3n) is 7.81. The number of aliphatic hydroxyl groups is 1. The fourth-order valence-electron chi connectivity index (χ4n) is 7.50. The standard InChI is InChI=1S/C16H24O3/c1-10-7-14(17)4-3-13(2)9-12-15(18-5-6-19-15)8-11(10)16(12,13)14/h10-12,17H,3-9H2,1-2H3/t10-,11?,12+,13-,14+,16?/m1/s1. The maximum atomic E-state index is 11.4. The van der Waals surface area contributed by atoms with Gasteiger partial charge in [-0.05, 0) is 42.9 Å². The van der Waals surface area contributed by atoms with Crippen molar-refractivity contribution in [3.63, 3.8) is 0 Å². The molecule has 4 aliphatic carbocycles. The summed E-state index contributed by atoms with van der Waals surface area (Å²) in [5.41, 5.74) is -0.00201. The van der Waals surface area contributed by atoms with Gasteiger partial charge in [0, 0.05) is 17.8 Å². The zero-order chi connectivity index (χ0) is 13.1. The van der Waals surface area contributed by atoms with Gasteiger partial charge in [-0.15, -0.1) is 0 Å². The molecule has 2 unspecified atom stereocenters.